The summed E-state index contributed by atoms with van der Waals surface area (Å²) in [6.45, 7) is 10.3. The van der Waals surface area contributed by atoms with Crippen LogP contribution < -0.4 is 5.32 Å². The second-order valence-corrected chi connectivity index (χ2v) is 7.75. The van der Waals surface area contributed by atoms with Crippen LogP contribution in [-0.2, 0) is 4.79 Å². The minimum absolute atomic E-state index is 0.0694. The lowest BCUT2D eigenvalue weighted by Gasteiger charge is -2.12. The number of fused-ring (bicyclic) bond motifs is 1. The molecular formula is C16H23N3OS2. The van der Waals surface area contributed by atoms with Crippen LogP contribution in [0.5, 0.6) is 0 Å². The molecule has 4 nitrogen and oxygen atoms in total. The van der Waals surface area contributed by atoms with Crippen molar-refractivity contribution in [3.63, 3.8) is 0 Å². The molecule has 2 aromatic rings. The Morgan fingerprint density at radius 3 is 2.73 bits per heavy atom. The third-order valence-electron chi connectivity index (χ3n) is 3.58. The molecule has 0 saturated carbocycles. The van der Waals surface area contributed by atoms with Gasteiger partial charge in [-0.2, -0.15) is 0 Å². The average molecular weight is 338 g/mol. The number of carbonyl (C=O) groups is 1. The molecule has 0 aromatic carbocycles. The smallest absolute Gasteiger partial charge is 0.230 e. The zero-order valence-corrected chi connectivity index (χ0v) is 15.5. The fourth-order valence-corrected chi connectivity index (χ4v) is 4.46. The van der Waals surface area contributed by atoms with E-state index in [9.17, 15) is 4.79 Å². The Hall–Kier alpha value is -1.14. The fraction of sp³-hybridized carbons (Fsp3) is 0.562. The first-order chi connectivity index (χ1) is 10.4. The monoisotopic (exact) mass is 337 g/mol. The highest BCUT2D eigenvalue weighted by Crippen LogP contribution is 2.34. The van der Waals surface area contributed by atoms with E-state index in [0.717, 1.165) is 33.9 Å². The molecule has 0 aliphatic heterocycles. The van der Waals surface area contributed by atoms with E-state index in [2.05, 4.69) is 36.1 Å². The van der Waals surface area contributed by atoms with Crippen LogP contribution in [0.1, 0.15) is 43.0 Å². The Bertz CT molecular complexity index is 682. The zero-order chi connectivity index (χ0) is 16.3. The molecule has 1 amide bonds. The van der Waals surface area contributed by atoms with Gasteiger partial charge < -0.3 is 5.32 Å². The number of rotatable bonds is 6. The molecule has 0 radical (unpaired) electrons. The lowest BCUT2D eigenvalue weighted by Crippen LogP contribution is -2.33. The van der Waals surface area contributed by atoms with Crippen molar-refractivity contribution < 1.29 is 4.79 Å². The van der Waals surface area contributed by atoms with Crippen molar-refractivity contribution in [3.8, 4) is 0 Å². The number of aryl methyl sites for hydroxylation is 3. The second kappa shape index (κ2) is 7.42. The number of nitrogens with zero attached hydrogens (tertiary/aromatic N) is 2. The van der Waals surface area contributed by atoms with Crippen molar-refractivity contribution in [1.29, 1.82) is 0 Å². The number of hydrogen-bond acceptors (Lipinski definition) is 5. The van der Waals surface area contributed by atoms with Gasteiger partial charge in [-0.1, -0.05) is 25.1 Å². The molecule has 0 fully saturated rings. The maximum atomic E-state index is 12.0. The van der Waals surface area contributed by atoms with Gasteiger partial charge in [-0.15, -0.1) is 11.3 Å². The van der Waals surface area contributed by atoms with Crippen LogP contribution in [-0.4, -0.2) is 27.7 Å². The van der Waals surface area contributed by atoms with Gasteiger partial charge in [0.05, 0.1) is 5.75 Å². The number of hydrogen-bond donors (Lipinski definition) is 1. The number of thioether (sulfide) groups is 1. The molecule has 0 aliphatic rings. The summed E-state index contributed by atoms with van der Waals surface area (Å²) < 4.78 is 0. The average Bonchev–Trinajstić information content (AvgIpc) is 2.71. The molecule has 0 spiro atoms. The molecule has 120 valence electrons. The van der Waals surface area contributed by atoms with Crippen molar-refractivity contribution in [2.75, 3.05) is 5.75 Å². The van der Waals surface area contributed by atoms with Gasteiger partial charge in [0.15, 0.2) is 0 Å². The Kier molecular flexibility index (Phi) is 5.81. The molecule has 6 heteroatoms. The van der Waals surface area contributed by atoms with Gasteiger partial charge in [0.1, 0.15) is 15.7 Å². The molecule has 22 heavy (non-hydrogen) atoms. The first kappa shape index (κ1) is 17.2. The van der Waals surface area contributed by atoms with Crippen molar-refractivity contribution in [1.82, 2.24) is 15.3 Å². The minimum atomic E-state index is 0.0694. The molecule has 2 rings (SSSR count). The predicted molar refractivity (Wildman–Crippen MR) is 94.9 cm³/mol. The van der Waals surface area contributed by atoms with Crippen molar-refractivity contribution >= 4 is 39.2 Å². The largest absolute Gasteiger partial charge is 0.353 e. The summed E-state index contributed by atoms with van der Waals surface area (Å²) in [5.41, 5.74) is 1.22. The zero-order valence-electron chi connectivity index (χ0n) is 13.8. The van der Waals surface area contributed by atoms with E-state index in [0.29, 0.717) is 5.75 Å². The van der Waals surface area contributed by atoms with E-state index in [1.807, 2.05) is 13.8 Å². The van der Waals surface area contributed by atoms with Crippen LogP contribution in [0.2, 0.25) is 0 Å². The second-order valence-electron chi connectivity index (χ2n) is 5.59. The van der Waals surface area contributed by atoms with E-state index >= 15 is 0 Å². The van der Waals surface area contributed by atoms with Gasteiger partial charge in [-0.05, 0) is 39.7 Å². The number of thiophene rings is 1. The SMILES string of the molecule is CCC[C@@H](C)NC(=O)CSc1nc(C)nc2sc(C)c(C)c12. The third kappa shape index (κ3) is 3.98. The number of nitrogens with one attached hydrogen (secondary N) is 1. The highest BCUT2D eigenvalue weighted by Gasteiger charge is 2.15. The van der Waals surface area contributed by atoms with Gasteiger partial charge >= 0.3 is 0 Å². The summed E-state index contributed by atoms with van der Waals surface area (Å²) in [6, 6.07) is 0.232. The van der Waals surface area contributed by atoms with Gasteiger partial charge in [-0.3, -0.25) is 4.79 Å². The molecule has 0 aliphatic carbocycles. The van der Waals surface area contributed by atoms with Gasteiger partial charge in [0.25, 0.3) is 0 Å². The normalized spacial score (nSPS) is 12.6. The highest BCUT2D eigenvalue weighted by atomic mass is 32.2. The van der Waals surface area contributed by atoms with Crippen LogP contribution in [0.15, 0.2) is 5.03 Å². The molecule has 0 unspecified atom stereocenters. The van der Waals surface area contributed by atoms with E-state index in [4.69, 9.17) is 0 Å². The van der Waals surface area contributed by atoms with E-state index < -0.39 is 0 Å². The summed E-state index contributed by atoms with van der Waals surface area (Å²) in [6.07, 6.45) is 2.09. The molecular weight excluding hydrogens is 314 g/mol. The molecule has 0 bridgehead atoms. The standard InChI is InChI=1S/C16H23N3OS2/c1-6-7-9(2)17-13(20)8-21-15-14-10(3)11(4)22-16(14)19-12(5)18-15/h9H,6-8H2,1-5H3,(H,17,20)/t9-/m1/s1. The van der Waals surface area contributed by atoms with Crippen LogP contribution in [0, 0.1) is 20.8 Å². The van der Waals surface area contributed by atoms with Gasteiger partial charge in [0.2, 0.25) is 5.91 Å². The highest BCUT2D eigenvalue weighted by molar-refractivity contribution is 8.00. The van der Waals surface area contributed by atoms with Crippen LogP contribution in [0.4, 0.5) is 0 Å². The number of aromatic nitrogens is 2. The van der Waals surface area contributed by atoms with Crippen LogP contribution in [0.3, 0.4) is 0 Å². The maximum Gasteiger partial charge on any atom is 0.230 e. The summed E-state index contributed by atoms with van der Waals surface area (Å²) in [4.78, 5) is 23.4. The van der Waals surface area contributed by atoms with Crippen LogP contribution >= 0.6 is 23.1 Å². The molecule has 0 saturated heterocycles. The summed E-state index contributed by atoms with van der Waals surface area (Å²) >= 11 is 3.20. The Morgan fingerprint density at radius 2 is 2.05 bits per heavy atom. The number of amides is 1. The van der Waals surface area contributed by atoms with Crippen molar-refractivity contribution in [2.45, 2.75) is 58.5 Å². The lowest BCUT2D eigenvalue weighted by atomic mass is 10.2. The Labute approximate surface area is 140 Å². The van der Waals surface area contributed by atoms with Crippen molar-refractivity contribution in [2.24, 2.45) is 0 Å². The quantitative estimate of drug-likeness (QED) is 0.639. The predicted octanol–water partition coefficient (Wildman–Crippen LogP) is 4.01. The van der Waals surface area contributed by atoms with Crippen LogP contribution in [0.25, 0.3) is 10.2 Å². The third-order valence-corrected chi connectivity index (χ3v) is 5.65. The molecule has 2 aromatic heterocycles. The van der Waals surface area contributed by atoms with E-state index in [1.165, 1.54) is 22.2 Å². The Balaban J connectivity index is 2.13. The minimum Gasteiger partial charge on any atom is -0.353 e. The summed E-state index contributed by atoms with van der Waals surface area (Å²) in [7, 11) is 0. The molecule has 1 N–H and O–H groups in total. The molecule has 2 heterocycles. The first-order valence-corrected chi connectivity index (χ1v) is 9.39. The summed E-state index contributed by atoms with van der Waals surface area (Å²) in [5, 5.41) is 5.06. The first-order valence-electron chi connectivity index (χ1n) is 7.58. The Morgan fingerprint density at radius 1 is 1.32 bits per heavy atom. The topological polar surface area (TPSA) is 54.9 Å². The van der Waals surface area contributed by atoms with Gasteiger partial charge in [-0.25, -0.2) is 9.97 Å². The fourth-order valence-electron chi connectivity index (χ4n) is 2.37. The lowest BCUT2D eigenvalue weighted by molar-refractivity contribution is -0.119. The van der Waals surface area contributed by atoms with Crippen molar-refractivity contribution in [3.05, 3.63) is 16.3 Å². The summed E-state index contributed by atoms with van der Waals surface area (Å²) in [5.74, 6) is 1.23. The maximum absolute atomic E-state index is 12.0. The number of carbonyl (C=O) groups excluding carboxylic acids is 1. The van der Waals surface area contributed by atoms with E-state index in [1.54, 1.807) is 11.3 Å². The van der Waals surface area contributed by atoms with E-state index in [-0.39, 0.29) is 11.9 Å². The van der Waals surface area contributed by atoms with Gasteiger partial charge in [0, 0.05) is 16.3 Å². The molecule has 1 atom stereocenters.